The molecule has 0 saturated carbocycles. The summed E-state index contributed by atoms with van der Waals surface area (Å²) in [5, 5.41) is 5.14. The fourth-order valence-corrected chi connectivity index (χ4v) is 4.15. The maximum Gasteiger partial charge on any atom is 0.284 e. The molecular formula is C21H19ClN8O. The molecule has 1 aliphatic rings. The van der Waals surface area contributed by atoms with Crippen LogP contribution in [0.5, 0.6) is 0 Å². The highest BCUT2D eigenvalue weighted by molar-refractivity contribution is 6.33. The normalized spacial score (nSPS) is 15.8. The third-order valence-electron chi connectivity index (χ3n) is 5.49. The largest absolute Gasteiger partial charge is 0.383 e. The van der Waals surface area contributed by atoms with Crippen LogP contribution >= 0.6 is 11.6 Å². The first-order valence-electron chi connectivity index (χ1n) is 9.74. The molecule has 9 nitrogen and oxygen atoms in total. The number of nitrogens with two attached hydrogens (primary N) is 1. The van der Waals surface area contributed by atoms with Crippen LogP contribution in [0.3, 0.4) is 0 Å². The number of hydrogen-bond donors (Lipinski definition) is 1. The number of halogens is 1. The number of aromatic nitrogens is 5. The van der Waals surface area contributed by atoms with Crippen molar-refractivity contribution in [3.63, 3.8) is 0 Å². The molecule has 0 spiro atoms. The number of fused-ring (bicyclic) bond motifs is 1. The van der Waals surface area contributed by atoms with E-state index in [-0.39, 0.29) is 11.6 Å². The fourth-order valence-electron chi connectivity index (χ4n) is 3.93. The van der Waals surface area contributed by atoms with Gasteiger partial charge in [0.05, 0.1) is 28.9 Å². The van der Waals surface area contributed by atoms with Crippen molar-refractivity contribution in [2.24, 2.45) is 4.99 Å². The molecule has 0 radical (unpaired) electrons. The van der Waals surface area contributed by atoms with Gasteiger partial charge in [0.1, 0.15) is 23.5 Å². The van der Waals surface area contributed by atoms with Crippen LogP contribution in [-0.2, 0) is 6.54 Å². The van der Waals surface area contributed by atoms with Gasteiger partial charge < -0.3 is 10.6 Å². The molecule has 0 unspecified atom stereocenters. The molecule has 0 amide bonds. The van der Waals surface area contributed by atoms with E-state index in [1.165, 1.54) is 10.8 Å². The van der Waals surface area contributed by atoms with Crippen LogP contribution in [0.1, 0.15) is 23.9 Å². The number of benzene rings is 1. The van der Waals surface area contributed by atoms with Crippen LogP contribution in [0, 0.1) is 0 Å². The summed E-state index contributed by atoms with van der Waals surface area (Å²) in [5.41, 5.74) is 7.61. The topological polar surface area (TPSA) is 107 Å². The summed E-state index contributed by atoms with van der Waals surface area (Å²) in [7, 11) is 0. The van der Waals surface area contributed by atoms with Crippen molar-refractivity contribution in [1.82, 2.24) is 24.1 Å². The van der Waals surface area contributed by atoms with E-state index in [0.29, 0.717) is 40.1 Å². The fraction of sp³-hybridized carbons (Fsp3) is 0.190. The number of rotatable bonds is 5. The SMILES string of the molecule is C=NCc1c(N)ncnc1N1CC[C@H]1c1nn2ccc(Cl)c2c(=O)n1-c1ccccc1. The van der Waals surface area contributed by atoms with E-state index in [4.69, 9.17) is 22.4 Å². The van der Waals surface area contributed by atoms with Crippen LogP contribution in [0.25, 0.3) is 11.2 Å². The Morgan fingerprint density at radius 3 is 2.74 bits per heavy atom. The maximum atomic E-state index is 13.5. The Morgan fingerprint density at radius 2 is 2.03 bits per heavy atom. The molecule has 1 aromatic carbocycles. The Morgan fingerprint density at radius 1 is 1.23 bits per heavy atom. The molecule has 4 heterocycles. The molecular weight excluding hydrogens is 416 g/mol. The van der Waals surface area contributed by atoms with Crippen molar-refractivity contribution in [3.05, 3.63) is 75.7 Å². The van der Waals surface area contributed by atoms with Gasteiger partial charge in [-0.3, -0.25) is 14.4 Å². The Hall–Kier alpha value is -3.72. The van der Waals surface area contributed by atoms with E-state index in [0.717, 1.165) is 18.7 Å². The molecule has 1 saturated heterocycles. The lowest BCUT2D eigenvalue weighted by atomic mass is 10.0. The molecule has 1 aliphatic heterocycles. The molecule has 4 aromatic rings. The van der Waals surface area contributed by atoms with Gasteiger partial charge >= 0.3 is 0 Å². The molecule has 0 bridgehead atoms. The molecule has 5 rings (SSSR count). The molecule has 1 fully saturated rings. The lowest BCUT2D eigenvalue weighted by Gasteiger charge is -2.42. The van der Waals surface area contributed by atoms with E-state index < -0.39 is 0 Å². The summed E-state index contributed by atoms with van der Waals surface area (Å²) >= 11 is 6.28. The van der Waals surface area contributed by atoms with Crippen molar-refractivity contribution in [1.29, 1.82) is 0 Å². The van der Waals surface area contributed by atoms with Gasteiger partial charge in [-0.05, 0) is 31.3 Å². The van der Waals surface area contributed by atoms with Crippen molar-refractivity contribution in [3.8, 4) is 5.69 Å². The van der Waals surface area contributed by atoms with E-state index in [2.05, 4.69) is 26.6 Å². The molecule has 3 aromatic heterocycles. The first-order chi connectivity index (χ1) is 15.1. The second-order valence-corrected chi connectivity index (χ2v) is 7.64. The van der Waals surface area contributed by atoms with Crippen molar-refractivity contribution in [2.75, 3.05) is 17.2 Å². The molecule has 156 valence electrons. The van der Waals surface area contributed by atoms with Gasteiger partial charge in [-0.15, -0.1) is 0 Å². The van der Waals surface area contributed by atoms with Crippen LogP contribution in [-0.4, -0.2) is 37.4 Å². The maximum absolute atomic E-state index is 13.5. The highest BCUT2D eigenvalue weighted by Gasteiger charge is 2.37. The quantitative estimate of drug-likeness (QED) is 0.484. The minimum Gasteiger partial charge on any atom is -0.383 e. The van der Waals surface area contributed by atoms with Gasteiger partial charge in [-0.1, -0.05) is 29.8 Å². The number of nitrogen functional groups attached to an aromatic ring is 1. The van der Waals surface area contributed by atoms with Crippen LogP contribution < -0.4 is 16.2 Å². The zero-order valence-electron chi connectivity index (χ0n) is 16.5. The number of aliphatic imine (C=N–C) groups is 1. The lowest BCUT2D eigenvalue weighted by Crippen LogP contribution is -2.45. The van der Waals surface area contributed by atoms with Crippen molar-refractivity contribution >= 4 is 35.5 Å². The van der Waals surface area contributed by atoms with E-state index in [1.807, 2.05) is 30.3 Å². The number of anilines is 2. The van der Waals surface area contributed by atoms with E-state index in [1.54, 1.807) is 16.8 Å². The zero-order valence-corrected chi connectivity index (χ0v) is 17.3. The molecule has 1 atom stereocenters. The predicted molar refractivity (Wildman–Crippen MR) is 120 cm³/mol. The average Bonchev–Trinajstić information content (AvgIpc) is 3.11. The van der Waals surface area contributed by atoms with Gasteiger partial charge in [0.2, 0.25) is 0 Å². The summed E-state index contributed by atoms with van der Waals surface area (Å²) in [5.74, 6) is 1.64. The molecule has 10 heteroatoms. The summed E-state index contributed by atoms with van der Waals surface area (Å²) in [6.07, 6.45) is 3.92. The van der Waals surface area contributed by atoms with Gasteiger partial charge in [-0.25, -0.2) is 14.5 Å². The average molecular weight is 435 g/mol. The minimum absolute atomic E-state index is 0.184. The number of hydrogen-bond acceptors (Lipinski definition) is 7. The zero-order chi connectivity index (χ0) is 21.5. The highest BCUT2D eigenvalue weighted by atomic mass is 35.5. The third kappa shape index (κ3) is 3.05. The van der Waals surface area contributed by atoms with Crippen LogP contribution in [0.2, 0.25) is 5.02 Å². The van der Waals surface area contributed by atoms with Gasteiger partial charge in [-0.2, -0.15) is 5.10 Å². The second kappa shape index (κ2) is 7.51. The smallest absolute Gasteiger partial charge is 0.284 e. The lowest BCUT2D eigenvalue weighted by molar-refractivity contribution is 0.421. The van der Waals surface area contributed by atoms with Gasteiger partial charge in [0.15, 0.2) is 5.82 Å². The molecule has 2 N–H and O–H groups in total. The molecule has 0 aliphatic carbocycles. The third-order valence-corrected chi connectivity index (χ3v) is 5.80. The summed E-state index contributed by atoms with van der Waals surface area (Å²) in [6.45, 7) is 4.61. The van der Waals surface area contributed by atoms with E-state index in [9.17, 15) is 4.79 Å². The van der Waals surface area contributed by atoms with Crippen molar-refractivity contribution in [2.45, 2.75) is 19.0 Å². The highest BCUT2D eigenvalue weighted by Crippen LogP contribution is 2.39. The Labute approximate surface area is 182 Å². The van der Waals surface area contributed by atoms with Gasteiger partial charge in [0.25, 0.3) is 5.56 Å². The van der Waals surface area contributed by atoms with Crippen molar-refractivity contribution < 1.29 is 0 Å². The first kappa shape index (κ1) is 19.3. The number of para-hydroxylation sites is 1. The Kier molecular flexibility index (Phi) is 4.67. The molecule has 31 heavy (non-hydrogen) atoms. The monoisotopic (exact) mass is 434 g/mol. The standard InChI is InChI=1S/C21H19ClN8O/c1-24-11-14-18(23)25-12-26-19(14)28-9-8-16(28)20-27-29-10-7-15(22)17(29)21(31)30(20)13-5-3-2-4-6-13/h2-7,10,12,16H,1,8-9,11H2,(H2,23,25,26)/t16-/m0/s1. The second-order valence-electron chi connectivity index (χ2n) is 7.23. The summed E-state index contributed by atoms with van der Waals surface area (Å²) in [6, 6.07) is 10.9. The Bertz CT molecular complexity index is 1350. The predicted octanol–water partition coefficient (Wildman–Crippen LogP) is 2.66. The van der Waals surface area contributed by atoms with E-state index >= 15 is 0 Å². The van der Waals surface area contributed by atoms with Crippen LogP contribution in [0.15, 0.2) is 58.7 Å². The van der Waals surface area contributed by atoms with Gasteiger partial charge in [0, 0.05) is 12.7 Å². The van der Waals surface area contributed by atoms with Crippen LogP contribution in [0.4, 0.5) is 11.6 Å². The summed E-state index contributed by atoms with van der Waals surface area (Å²) in [4.78, 5) is 28.0. The number of nitrogens with zero attached hydrogens (tertiary/aromatic N) is 7. The summed E-state index contributed by atoms with van der Waals surface area (Å²) < 4.78 is 3.16. The first-order valence-corrected chi connectivity index (χ1v) is 10.1. The Balaban J connectivity index is 1.70. The minimum atomic E-state index is -0.228.